The fourth-order valence-electron chi connectivity index (χ4n) is 2.08. The number of carbonyl (C=O) groups excluding carboxylic acids is 1. The van der Waals surface area contributed by atoms with E-state index in [1.165, 1.54) is 0 Å². The second kappa shape index (κ2) is 5.82. The fourth-order valence-corrected chi connectivity index (χ4v) is 2.08. The van der Waals surface area contributed by atoms with Gasteiger partial charge in [-0.3, -0.25) is 4.79 Å². The Morgan fingerprint density at radius 2 is 2.25 bits per heavy atom. The van der Waals surface area contributed by atoms with Crippen molar-refractivity contribution >= 4 is 18.3 Å². The van der Waals surface area contributed by atoms with Crippen LogP contribution in [-0.2, 0) is 14.3 Å². The molecular formula is C10H19ClN2O3. The van der Waals surface area contributed by atoms with Crippen LogP contribution < -0.4 is 5.32 Å². The molecule has 0 radical (unpaired) electrons. The highest BCUT2D eigenvalue weighted by atomic mass is 35.5. The molecule has 2 fully saturated rings. The van der Waals surface area contributed by atoms with Crippen LogP contribution in [0.4, 0.5) is 0 Å². The molecule has 0 aromatic carbocycles. The molecule has 6 heteroatoms. The van der Waals surface area contributed by atoms with E-state index < -0.39 is 0 Å². The molecule has 1 N–H and O–H groups in total. The van der Waals surface area contributed by atoms with Crippen LogP contribution >= 0.6 is 12.4 Å². The summed E-state index contributed by atoms with van der Waals surface area (Å²) < 4.78 is 11.3. The number of ether oxygens (including phenoxy) is 2. The molecule has 16 heavy (non-hydrogen) atoms. The van der Waals surface area contributed by atoms with E-state index in [0.29, 0.717) is 32.9 Å². The van der Waals surface area contributed by atoms with Crippen molar-refractivity contribution in [2.45, 2.75) is 12.5 Å². The van der Waals surface area contributed by atoms with E-state index in [0.717, 1.165) is 13.1 Å². The maximum absolute atomic E-state index is 11.3. The Kier molecular flexibility index (Phi) is 4.98. The standard InChI is InChI=1S/C10H18N2O3.ClH/c1-9(13)12-3-5-15-10(7-12)6-11-2-4-14-8-10;/h11H,2-8H2,1H3;1H. The Morgan fingerprint density at radius 3 is 3.00 bits per heavy atom. The average molecular weight is 251 g/mol. The monoisotopic (exact) mass is 250 g/mol. The zero-order valence-electron chi connectivity index (χ0n) is 9.53. The van der Waals surface area contributed by atoms with E-state index in [-0.39, 0.29) is 23.9 Å². The third-order valence-electron chi connectivity index (χ3n) is 2.93. The molecule has 2 aliphatic rings. The van der Waals surface area contributed by atoms with Crippen molar-refractivity contribution < 1.29 is 14.3 Å². The summed E-state index contributed by atoms with van der Waals surface area (Å²) in [6.45, 7) is 6.43. The van der Waals surface area contributed by atoms with Crippen LogP contribution in [0.5, 0.6) is 0 Å². The minimum absolute atomic E-state index is 0. The van der Waals surface area contributed by atoms with Crippen molar-refractivity contribution in [3.05, 3.63) is 0 Å². The zero-order chi connectivity index (χ0) is 10.7. The summed E-state index contributed by atoms with van der Waals surface area (Å²) in [5, 5.41) is 3.28. The third-order valence-corrected chi connectivity index (χ3v) is 2.93. The zero-order valence-corrected chi connectivity index (χ0v) is 10.3. The van der Waals surface area contributed by atoms with E-state index >= 15 is 0 Å². The number of halogens is 1. The minimum atomic E-state index is -0.333. The van der Waals surface area contributed by atoms with Gasteiger partial charge in [0.25, 0.3) is 0 Å². The van der Waals surface area contributed by atoms with Gasteiger partial charge in [0, 0.05) is 26.6 Å². The quantitative estimate of drug-likeness (QED) is 0.638. The summed E-state index contributed by atoms with van der Waals surface area (Å²) in [6.07, 6.45) is 0. The second-order valence-electron chi connectivity index (χ2n) is 4.20. The lowest BCUT2D eigenvalue weighted by Crippen LogP contribution is -2.59. The van der Waals surface area contributed by atoms with Crippen molar-refractivity contribution in [3.63, 3.8) is 0 Å². The largest absolute Gasteiger partial charge is 0.377 e. The predicted octanol–water partition coefficient (Wildman–Crippen LogP) is -0.354. The van der Waals surface area contributed by atoms with Crippen molar-refractivity contribution in [3.8, 4) is 0 Å². The molecule has 0 aromatic heterocycles. The maximum Gasteiger partial charge on any atom is 0.219 e. The molecule has 2 aliphatic heterocycles. The summed E-state index contributed by atoms with van der Waals surface area (Å²) in [7, 11) is 0. The first-order valence-corrected chi connectivity index (χ1v) is 5.40. The van der Waals surface area contributed by atoms with Crippen molar-refractivity contribution in [1.29, 1.82) is 0 Å². The molecule has 0 saturated carbocycles. The van der Waals surface area contributed by atoms with Crippen LogP contribution in [0.3, 0.4) is 0 Å². The smallest absolute Gasteiger partial charge is 0.219 e. The lowest BCUT2D eigenvalue weighted by Gasteiger charge is -2.41. The molecule has 1 amide bonds. The van der Waals surface area contributed by atoms with Gasteiger partial charge in [0.1, 0.15) is 5.60 Å². The number of hydrogen-bond acceptors (Lipinski definition) is 4. The van der Waals surface area contributed by atoms with Crippen molar-refractivity contribution in [1.82, 2.24) is 10.2 Å². The topological polar surface area (TPSA) is 50.8 Å². The average Bonchev–Trinajstić information content (AvgIpc) is 2.44. The molecule has 2 heterocycles. The summed E-state index contributed by atoms with van der Waals surface area (Å²) in [4.78, 5) is 13.2. The summed E-state index contributed by atoms with van der Waals surface area (Å²) >= 11 is 0. The summed E-state index contributed by atoms with van der Waals surface area (Å²) in [5.74, 6) is 0.113. The van der Waals surface area contributed by atoms with Gasteiger partial charge in [0.15, 0.2) is 0 Å². The van der Waals surface area contributed by atoms with E-state index in [2.05, 4.69) is 5.32 Å². The number of nitrogens with one attached hydrogen (secondary N) is 1. The van der Waals surface area contributed by atoms with Crippen LogP contribution in [0.1, 0.15) is 6.92 Å². The highest BCUT2D eigenvalue weighted by Gasteiger charge is 2.38. The molecule has 0 aromatic rings. The van der Waals surface area contributed by atoms with E-state index in [1.54, 1.807) is 6.92 Å². The Labute approximate surface area is 102 Å². The van der Waals surface area contributed by atoms with Crippen molar-refractivity contribution in [2.24, 2.45) is 0 Å². The maximum atomic E-state index is 11.3. The van der Waals surface area contributed by atoms with Gasteiger partial charge in [-0.2, -0.15) is 0 Å². The summed E-state index contributed by atoms with van der Waals surface area (Å²) in [6, 6.07) is 0. The molecule has 1 spiro atoms. The van der Waals surface area contributed by atoms with E-state index in [4.69, 9.17) is 9.47 Å². The Hall–Kier alpha value is -0.360. The molecule has 1 unspecified atom stereocenters. The van der Waals surface area contributed by atoms with Crippen LogP contribution in [0.2, 0.25) is 0 Å². The normalized spacial score (nSPS) is 30.7. The SMILES string of the molecule is CC(=O)N1CCOC2(CNCCOC2)C1.Cl. The molecule has 1 atom stereocenters. The van der Waals surface area contributed by atoms with Crippen LogP contribution in [0, 0.1) is 0 Å². The van der Waals surface area contributed by atoms with Gasteiger partial charge in [0.05, 0.1) is 26.4 Å². The predicted molar refractivity (Wildman–Crippen MR) is 61.9 cm³/mol. The van der Waals surface area contributed by atoms with E-state index in [9.17, 15) is 4.79 Å². The summed E-state index contributed by atoms with van der Waals surface area (Å²) in [5.41, 5.74) is -0.333. The molecule has 5 nitrogen and oxygen atoms in total. The van der Waals surface area contributed by atoms with Gasteiger partial charge < -0.3 is 19.7 Å². The third kappa shape index (κ3) is 3.07. The number of carbonyl (C=O) groups is 1. The number of morpholine rings is 1. The number of amides is 1. The highest BCUT2D eigenvalue weighted by molar-refractivity contribution is 5.85. The number of rotatable bonds is 0. The van der Waals surface area contributed by atoms with Crippen molar-refractivity contribution in [2.75, 3.05) is 46.0 Å². The van der Waals surface area contributed by atoms with Crippen LogP contribution in [0.15, 0.2) is 0 Å². The van der Waals surface area contributed by atoms with Crippen LogP contribution in [-0.4, -0.2) is 62.4 Å². The van der Waals surface area contributed by atoms with Gasteiger partial charge in [-0.25, -0.2) is 0 Å². The molecule has 2 saturated heterocycles. The molecule has 2 rings (SSSR count). The van der Waals surface area contributed by atoms with Crippen LogP contribution in [0.25, 0.3) is 0 Å². The van der Waals surface area contributed by atoms with Gasteiger partial charge >= 0.3 is 0 Å². The lowest BCUT2D eigenvalue weighted by molar-refractivity contribution is -0.156. The van der Waals surface area contributed by atoms with Gasteiger partial charge in [0.2, 0.25) is 5.91 Å². The molecule has 0 aliphatic carbocycles. The van der Waals surface area contributed by atoms with E-state index in [1.807, 2.05) is 4.90 Å². The Bertz CT molecular complexity index is 242. The second-order valence-corrected chi connectivity index (χ2v) is 4.20. The van der Waals surface area contributed by atoms with Gasteiger partial charge in [-0.1, -0.05) is 0 Å². The first kappa shape index (κ1) is 13.7. The Balaban J connectivity index is 0.00000128. The molecule has 94 valence electrons. The minimum Gasteiger partial charge on any atom is -0.377 e. The number of hydrogen-bond donors (Lipinski definition) is 1. The molecular weight excluding hydrogens is 232 g/mol. The molecule has 0 bridgehead atoms. The van der Waals surface area contributed by atoms with Gasteiger partial charge in [-0.15, -0.1) is 12.4 Å². The highest BCUT2D eigenvalue weighted by Crippen LogP contribution is 2.19. The lowest BCUT2D eigenvalue weighted by atomic mass is 10.0. The number of nitrogens with zero attached hydrogens (tertiary/aromatic N) is 1. The fraction of sp³-hybridized carbons (Fsp3) is 0.900. The first-order valence-electron chi connectivity index (χ1n) is 5.40. The first-order chi connectivity index (χ1) is 7.22. The van der Waals surface area contributed by atoms with Gasteiger partial charge in [-0.05, 0) is 0 Å². The Morgan fingerprint density at radius 1 is 1.44 bits per heavy atom.